The number of nitrogens with zero attached hydrogens (tertiary/aromatic N) is 4. The molecule has 4 rings (SSSR count). The zero-order valence-corrected chi connectivity index (χ0v) is 14.9. The molecule has 0 amide bonds. The van der Waals surface area contributed by atoms with E-state index in [1.54, 1.807) is 36.8 Å². The number of nitrogens with one attached hydrogen (secondary N) is 1. The summed E-state index contributed by atoms with van der Waals surface area (Å²) in [5, 5.41) is 9.17. The number of rotatable bonds is 5. The van der Waals surface area contributed by atoms with Crippen LogP contribution in [-0.2, 0) is 6.54 Å². The van der Waals surface area contributed by atoms with Crippen LogP contribution in [0, 0.1) is 0 Å². The highest BCUT2D eigenvalue weighted by Gasteiger charge is 2.23. The van der Waals surface area contributed by atoms with Crippen molar-refractivity contribution in [3.05, 3.63) is 65.9 Å². The van der Waals surface area contributed by atoms with Crippen molar-refractivity contribution in [3.63, 3.8) is 0 Å². The molecule has 2 aromatic heterocycles. The first kappa shape index (κ1) is 17.4. The highest BCUT2D eigenvalue weighted by atomic mass is 16.4. The third-order valence-electron chi connectivity index (χ3n) is 4.90. The van der Waals surface area contributed by atoms with E-state index in [0.717, 1.165) is 55.3 Å². The third kappa shape index (κ3) is 4.03. The number of carboxylic acids is 1. The summed E-state index contributed by atoms with van der Waals surface area (Å²) in [6.07, 6.45) is 9.19. The summed E-state index contributed by atoms with van der Waals surface area (Å²) in [5.41, 5.74) is 3.08. The number of hydrogen-bond acceptors (Lipinski definition) is 5. The third-order valence-corrected chi connectivity index (χ3v) is 4.90. The van der Waals surface area contributed by atoms with Crippen LogP contribution in [0.1, 0.15) is 40.4 Å². The van der Waals surface area contributed by atoms with Crippen LogP contribution in [0.2, 0.25) is 0 Å². The average Bonchev–Trinajstić information content (AvgIpc) is 3.23. The Bertz CT molecular complexity index is 926. The molecule has 0 spiro atoms. The number of H-pyrrole nitrogens is 1. The number of hydrogen-bond donors (Lipinski definition) is 2. The molecule has 1 aliphatic rings. The van der Waals surface area contributed by atoms with Gasteiger partial charge in [-0.15, -0.1) is 0 Å². The zero-order valence-electron chi connectivity index (χ0n) is 14.9. The number of benzene rings is 1. The van der Waals surface area contributed by atoms with E-state index in [0.29, 0.717) is 11.5 Å². The molecule has 7 heteroatoms. The molecule has 1 aliphatic heterocycles. The van der Waals surface area contributed by atoms with Gasteiger partial charge in [-0.25, -0.2) is 14.8 Å². The Morgan fingerprint density at radius 1 is 1.33 bits per heavy atom. The molecule has 0 bridgehead atoms. The van der Waals surface area contributed by atoms with Gasteiger partial charge >= 0.3 is 5.97 Å². The number of imidazole rings is 1. The van der Waals surface area contributed by atoms with Gasteiger partial charge in [-0.05, 0) is 37.1 Å². The zero-order chi connectivity index (χ0) is 18.6. The molecule has 1 saturated heterocycles. The van der Waals surface area contributed by atoms with Crippen molar-refractivity contribution in [2.24, 2.45) is 0 Å². The van der Waals surface area contributed by atoms with E-state index in [4.69, 9.17) is 4.98 Å². The van der Waals surface area contributed by atoms with E-state index < -0.39 is 5.97 Å². The van der Waals surface area contributed by atoms with E-state index in [9.17, 15) is 9.90 Å². The Balaban J connectivity index is 1.48. The fourth-order valence-corrected chi connectivity index (χ4v) is 3.60. The first-order valence-electron chi connectivity index (χ1n) is 9.05. The molecule has 0 aliphatic carbocycles. The maximum atomic E-state index is 11.2. The summed E-state index contributed by atoms with van der Waals surface area (Å²) >= 11 is 0. The van der Waals surface area contributed by atoms with Gasteiger partial charge in [-0.1, -0.05) is 12.1 Å². The lowest BCUT2D eigenvalue weighted by Gasteiger charge is -2.32. The summed E-state index contributed by atoms with van der Waals surface area (Å²) in [6.45, 7) is 2.62. The summed E-state index contributed by atoms with van der Waals surface area (Å²) in [5.74, 6) is 0.143. The number of carboxylic acid groups (broad SMARTS) is 1. The lowest BCUT2D eigenvalue weighted by molar-refractivity contribution is 0.0696. The molecular formula is C20H21N5O2. The quantitative estimate of drug-likeness (QED) is 0.724. The maximum absolute atomic E-state index is 11.2. The van der Waals surface area contributed by atoms with Crippen LogP contribution in [-0.4, -0.2) is 49.0 Å². The molecule has 1 fully saturated rings. The molecule has 1 unspecified atom stereocenters. The number of piperidine rings is 1. The number of carbonyl (C=O) groups is 1. The van der Waals surface area contributed by atoms with Gasteiger partial charge in [0.15, 0.2) is 5.82 Å². The molecule has 0 saturated carbocycles. The van der Waals surface area contributed by atoms with E-state index in [-0.39, 0.29) is 0 Å². The van der Waals surface area contributed by atoms with Crippen LogP contribution in [0.5, 0.6) is 0 Å². The minimum Gasteiger partial charge on any atom is -0.478 e. The Morgan fingerprint density at radius 2 is 2.26 bits per heavy atom. The minimum absolute atomic E-state index is 0.309. The maximum Gasteiger partial charge on any atom is 0.335 e. The highest BCUT2D eigenvalue weighted by molar-refractivity contribution is 5.87. The lowest BCUT2D eigenvalue weighted by Crippen LogP contribution is -2.34. The predicted octanol–water partition coefficient (Wildman–Crippen LogP) is 2.94. The number of likely N-dealkylation sites (tertiary alicyclic amines) is 1. The van der Waals surface area contributed by atoms with Crippen molar-refractivity contribution < 1.29 is 9.90 Å². The predicted molar refractivity (Wildman–Crippen MR) is 100 cm³/mol. The highest BCUT2D eigenvalue weighted by Crippen LogP contribution is 2.27. The molecule has 1 atom stereocenters. The minimum atomic E-state index is -0.890. The van der Waals surface area contributed by atoms with E-state index in [2.05, 4.69) is 19.9 Å². The first-order chi connectivity index (χ1) is 13.2. The smallest absolute Gasteiger partial charge is 0.335 e. The van der Waals surface area contributed by atoms with Crippen molar-refractivity contribution >= 4 is 5.97 Å². The van der Waals surface area contributed by atoms with Crippen LogP contribution in [0.25, 0.3) is 11.5 Å². The van der Waals surface area contributed by atoms with Crippen molar-refractivity contribution in [1.82, 2.24) is 24.8 Å². The van der Waals surface area contributed by atoms with Crippen LogP contribution >= 0.6 is 0 Å². The van der Waals surface area contributed by atoms with Crippen LogP contribution in [0.15, 0.2) is 49.1 Å². The Hall–Kier alpha value is -3.06. The summed E-state index contributed by atoms with van der Waals surface area (Å²) in [6, 6.07) is 7.16. The fraction of sp³-hybridized carbons (Fsp3) is 0.300. The van der Waals surface area contributed by atoms with Crippen molar-refractivity contribution in [2.75, 3.05) is 13.1 Å². The van der Waals surface area contributed by atoms with E-state index in [1.807, 2.05) is 12.3 Å². The van der Waals surface area contributed by atoms with Gasteiger partial charge in [0.25, 0.3) is 0 Å². The van der Waals surface area contributed by atoms with E-state index >= 15 is 0 Å². The molecule has 7 nitrogen and oxygen atoms in total. The lowest BCUT2D eigenvalue weighted by atomic mass is 9.94. The molecule has 3 aromatic rings. The van der Waals surface area contributed by atoms with Crippen LogP contribution in [0.3, 0.4) is 0 Å². The van der Waals surface area contributed by atoms with Gasteiger partial charge in [-0.2, -0.15) is 0 Å². The SMILES string of the molecule is O=C(O)c1cccc(CN2CCCC(c3cncc(-c4ncc[nH]4)n3)C2)c1. The van der Waals surface area contributed by atoms with Crippen molar-refractivity contribution in [3.8, 4) is 11.5 Å². The molecular weight excluding hydrogens is 342 g/mol. The average molecular weight is 363 g/mol. The van der Waals surface area contributed by atoms with Crippen LogP contribution < -0.4 is 0 Å². The van der Waals surface area contributed by atoms with Crippen molar-refractivity contribution in [2.45, 2.75) is 25.3 Å². The molecule has 3 heterocycles. The Morgan fingerprint density at radius 3 is 3.07 bits per heavy atom. The summed E-state index contributed by atoms with van der Waals surface area (Å²) in [4.78, 5) is 30.0. The Labute approximate surface area is 157 Å². The number of aromatic carboxylic acids is 1. The van der Waals surface area contributed by atoms with Crippen molar-refractivity contribution in [1.29, 1.82) is 0 Å². The van der Waals surface area contributed by atoms with Gasteiger partial charge in [0.2, 0.25) is 0 Å². The standard InChI is InChI=1S/C20H21N5O2/c26-20(27)15-4-1-3-14(9-15)12-25-8-2-5-16(13-25)17-10-21-11-18(24-17)19-22-6-7-23-19/h1,3-4,6-7,9-11,16H,2,5,8,12-13H2,(H,22,23)(H,26,27). The molecule has 1 aromatic carbocycles. The van der Waals surface area contributed by atoms with Gasteiger partial charge in [0, 0.05) is 37.6 Å². The molecule has 27 heavy (non-hydrogen) atoms. The fourth-order valence-electron chi connectivity index (χ4n) is 3.60. The normalized spacial score (nSPS) is 17.7. The monoisotopic (exact) mass is 363 g/mol. The number of aromatic nitrogens is 4. The van der Waals surface area contributed by atoms with Gasteiger partial charge < -0.3 is 10.1 Å². The second-order valence-electron chi connectivity index (χ2n) is 6.85. The second-order valence-corrected chi connectivity index (χ2v) is 6.85. The number of aromatic amines is 1. The van der Waals surface area contributed by atoms with Gasteiger partial charge in [-0.3, -0.25) is 9.88 Å². The molecule has 138 valence electrons. The molecule has 2 N–H and O–H groups in total. The van der Waals surface area contributed by atoms with Gasteiger partial charge in [0.1, 0.15) is 5.69 Å². The summed E-state index contributed by atoms with van der Waals surface area (Å²) < 4.78 is 0. The van der Waals surface area contributed by atoms with Crippen LogP contribution in [0.4, 0.5) is 0 Å². The van der Waals surface area contributed by atoms with Gasteiger partial charge in [0.05, 0.1) is 17.5 Å². The van der Waals surface area contributed by atoms with E-state index in [1.165, 1.54) is 0 Å². The topological polar surface area (TPSA) is 95.0 Å². The largest absolute Gasteiger partial charge is 0.478 e. The molecule has 0 radical (unpaired) electrons. The first-order valence-corrected chi connectivity index (χ1v) is 9.05. The second kappa shape index (κ2) is 7.67. The Kier molecular flexibility index (Phi) is 4.93. The summed E-state index contributed by atoms with van der Waals surface area (Å²) in [7, 11) is 0.